The van der Waals surface area contributed by atoms with E-state index in [9.17, 15) is 4.79 Å². The highest BCUT2D eigenvalue weighted by Gasteiger charge is 2.24. The van der Waals surface area contributed by atoms with Gasteiger partial charge in [-0.05, 0) is 38.8 Å². The molecule has 1 aromatic heterocycles. The summed E-state index contributed by atoms with van der Waals surface area (Å²) in [7, 11) is 0. The van der Waals surface area contributed by atoms with Crippen molar-refractivity contribution in [3.8, 4) is 0 Å². The molecule has 5 nitrogen and oxygen atoms in total. The number of pyridine rings is 1. The van der Waals surface area contributed by atoms with Crippen molar-refractivity contribution in [2.45, 2.75) is 51.7 Å². The average Bonchev–Trinajstić information content (AvgIpc) is 2.38. The SMILES string of the molecule is CC1CCCC(C)N1NCc1ccc(C(=O)O)cn1. The number of piperidine rings is 1. The summed E-state index contributed by atoms with van der Waals surface area (Å²) in [6.07, 6.45) is 5.11. The fourth-order valence-electron chi connectivity index (χ4n) is 2.56. The molecule has 0 aromatic carbocycles. The first-order valence-corrected chi connectivity index (χ1v) is 6.78. The summed E-state index contributed by atoms with van der Waals surface area (Å²) in [6.45, 7) is 5.09. The zero-order valence-corrected chi connectivity index (χ0v) is 11.5. The Bertz CT molecular complexity index is 423. The number of hydrazine groups is 1. The highest BCUT2D eigenvalue weighted by molar-refractivity contribution is 5.87. The largest absolute Gasteiger partial charge is 0.478 e. The maximum Gasteiger partial charge on any atom is 0.337 e. The number of carboxylic acid groups (broad SMARTS) is 1. The Morgan fingerprint density at radius 3 is 2.63 bits per heavy atom. The molecule has 2 unspecified atom stereocenters. The molecule has 2 rings (SSSR count). The van der Waals surface area contributed by atoms with Gasteiger partial charge in [-0.1, -0.05) is 6.42 Å². The highest BCUT2D eigenvalue weighted by atomic mass is 16.4. The van der Waals surface area contributed by atoms with Crippen LogP contribution < -0.4 is 5.43 Å². The van der Waals surface area contributed by atoms with Crippen molar-refractivity contribution in [1.82, 2.24) is 15.4 Å². The normalized spacial score (nSPS) is 24.3. The van der Waals surface area contributed by atoms with Crippen LogP contribution in [0.4, 0.5) is 0 Å². The number of nitrogens with one attached hydrogen (secondary N) is 1. The Kier molecular flexibility index (Phi) is 4.50. The lowest BCUT2D eigenvalue weighted by atomic mass is 10.00. The molecular weight excluding hydrogens is 242 g/mol. The Labute approximate surface area is 113 Å². The van der Waals surface area contributed by atoms with Crippen LogP contribution in [0.2, 0.25) is 0 Å². The highest BCUT2D eigenvalue weighted by Crippen LogP contribution is 2.20. The molecule has 2 N–H and O–H groups in total. The number of nitrogens with zero attached hydrogens (tertiary/aromatic N) is 2. The quantitative estimate of drug-likeness (QED) is 0.870. The molecule has 0 bridgehead atoms. The standard InChI is InChI=1S/C14H21N3O2/c1-10-4-3-5-11(2)17(10)16-9-13-7-6-12(8-15-13)14(18)19/h6-8,10-11,16H,3-5,9H2,1-2H3,(H,18,19). The first kappa shape index (κ1) is 14.0. The van der Waals surface area contributed by atoms with Gasteiger partial charge in [0, 0.05) is 18.3 Å². The number of rotatable bonds is 4. The third-order valence-electron chi connectivity index (χ3n) is 3.71. The second kappa shape index (κ2) is 6.12. The van der Waals surface area contributed by atoms with Gasteiger partial charge in [-0.15, -0.1) is 0 Å². The number of carboxylic acids is 1. The minimum atomic E-state index is -0.940. The van der Waals surface area contributed by atoms with Crippen LogP contribution in [-0.2, 0) is 6.54 Å². The van der Waals surface area contributed by atoms with E-state index in [1.165, 1.54) is 25.5 Å². The molecule has 1 saturated heterocycles. The monoisotopic (exact) mass is 263 g/mol. The van der Waals surface area contributed by atoms with E-state index in [0.29, 0.717) is 18.6 Å². The number of aromatic carboxylic acids is 1. The van der Waals surface area contributed by atoms with E-state index >= 15 is 0 Å². The summed E-state index contributed by atoms with van der Waals surface area (Å²) in [5.74, 6) is -0.940. The molecule has 2 heterocycles. The summed E-state index contributed by atoms with van der Waals surface area (Å²) < 4.78 is 0. The second-order valence-corrected chi connectivity index (χ2v) is 5.21. The van der Waals surface area contributed by atoms with Crippen LogP contribution in [0.1, 0.15) is 49.2 Å². The summed E-state index contributed by atoms with van der Waals surface area (Å²) in [5, 5.41) is 11.1. The van der Waals surface area contributed by atoms with Gasteiger partial charge in [-0.3, -0.25) is 4.98 Å². The molecule has 1 aliphatic heterocycles. The van der Waals surface area contributed by atoms with Gasteiger partial charge in [0.25, 0.3) is 0 Å². The fourth-order valence-corrected chi connectivity index (χ4v) is 2.56. The van der Waals surface area contributed by atoms with Crippen molar-refractivity contribution < 1.29 is 9.90 Å². The first-order chi connectivity index (χ1) is 9.08. The van der Waals surface area contributed by atoms with Crippen molar-refractivity contribution in [2.75, 3.05) is 0 Å². The van der Waals surface area contributed by atoms with Gasteiger partial charge in [0.1, 0.15) is 0 Å². The average molecular weight is 263 g/mol. The number of hydrogen-bond acceptors (Lipinski definition) is 4. The van der Waals surface area contributed by atoms with E-state index in [0.717, 1.165) is 5.69 Å². The van der Waals surface area contributed by atoms with Gasteiger partial charge < -0.3 is 5.11 Å². The van der Waals surface area contributed by atoms with E-state index in [4.69, 9.17) is 5.11 Å². The lowest BCUT2D eigenvalue weighted by molar-refractivity contribution is 0.0431. The van der Waals surface area contributed by atoms with Gasteiger partial charge >= 0.3 is 5.97 Å². The fraction of sp³-hybridized carbons (Fsp3) is 0.571. The topological polar surface area (TPSA) is 65.5 Å². The molecule has 0 aliphatic carbocycles. The Morgan fingerprint density at radius 2 is 2.11 bits per heavy atom. The molecule has 104 valence electrons. The van der Waals surface area contributed by atoms with E-state index in [1.54, 1.807) is 12.1 Å². The molecule has 0 saturated carbocycles. The van der Waals surface area contributed by atoms with Crippen LogP contribution in [0.25, 0.3) is 0 Å². The summed E-state index contributed by atoms with van der Waals surface area (Å²) in [5.41, 5.74) is 4.49. The van der Waals surface area contributed by atoms with Crippen molar-refractivity contribution in [3.63, 3.8) is 0 Å². The summed E-state index contributed by atoms with van der Waals surface area (Å²) in [4.78, 5) is 14.9. The van der Waals surface area contributed by atoms with Crippen molar-refractivity contribution in [2.24, 2.45) is 0 Å². The number of carbonyl (C=O) groups is 1. The third-order valence-corrected chi connectivity index (χ3v) is 3.71. The molecule has 1 aliphatic rings. The van der Waals surface area contributed by atoms with E-state index in [-0.39, 0.29) is 5.56 Å². The molecule has 0 spiro atoms. The van der Waals surface area contributed by atoms with Crippen LogP contribution in [0.15, 0.2) is 18.3 Å². The van der Waals surface area contributed by atoms with E-state index in [2.05, 4.69) is 29.3 Å². The maximum atomic E-state index is 10.7. The Balaban J connectivity index is 1.92. The molecule has 2 atom stereocenters. The summed E-state index contributed by atoms with van der Waals surface area (Å²) >= 11 is 0. The predicted molar refractivity (Wildman–Crippen MR) is 72.7 cm³/mol. The molecular formula is C14H21N3O2. The lowest BCUT2D eigenvalue weighted by Gasteiger charge is -2.39. The predicted octanol–water partition coefficient (Wildman–Crippen LogP) is 2.05. The van der Waals surface area contributed by atoms with Crippen molar-refractivity contribution in [1.29, 1.82) is 0 Å². The van der Waals surface area contributed by atoms with Crippen LogP contribution in [0.5, 0.6) is 0 Å². The Morgan fingerprint density at radius 1 is 1.42 bits per heavy atom. The van der Waals surface area contributed by atoms with Crippen molar-refractivity contribution >= 4 is 5.97 Å². The van der Waals surface area contributed by atoms with Crippen molar-refractivity contribution in [3.05, 3.63) is 29.6 Å². The maximum absolute atomic E-state index is 10.7. The molecule has 19 heavy (non-hydrogen) atoms. The van der Waals surface area contributed by atoms with Gasteiger partial charge in [0.2, 0.25) is 0 Å². The lowest BCUT2D eigenvalue weighted by Crippen LogP contribution is -2.51. The van der Waals surface area contributed by atoms with Gasteiger partial charge in [0.15, 0.2) is 0 Å². The third kappa shape index (κ3) is 3.52. The first-order valence-electron chi connectivity index (χ1n) is 6.78. The van der Waals surface area contributed by atoms with Crippen LogP contribution in [0, 0.1) is 0 Å². The number of hydrogen-bond donors (Lipinski definition) is 2. The number of aromatic nitrogens is 1. The second-order valence-electron chi connectivity index (χ2n) is 5.21. The van der Waals surface area contributed by atoms with Crippen LogP contribution in [0.3, 0.4) is 0 Å². The minimum absolute atomic E-state index is 0.225. The smallest absolute Gasteiger partial charge is 0.337 e. The zero-order valence-electron chi connectivity index (χ0n) is 11.5. The summed E-state index contributed by atoms with van der Waals surface area (Å²) in [6, 6.07) is 4.41. The van der Waals surface area contributed by atoms with Gasteiger partial charge in [-0.25, -0.2) is 15.2 Å². The van der Waals surface area contributed by atoms with Gasteiger partial charge in [0.05, 0.1) is 17.8 Å². The molecule has 1 aromatic rings. The van der Waals surface area contributed by atoms with Crippen LogP contribution in [-0.4, -0.2) is 33.2 Å². The minimum Gasteiger partial charge on any atom is -0.478 e. The zero-order chi connectivity index (χ0) is 13.8. The Hall–Kier alpha value is -1.46. The molecule has 1 fully saturated rings. The van der Waals surface area contributed by atoms with E-state index < -0.39 is 5.97 Å². The van der Waals surface area contributed by atoms with Gasteiger partial charge in [-0.2, -0.15) is 0 Å². The molecule has 0 amide bonds. The van der Waals surface area contributed by atoms with E-state index in [1.807, 2.05) is 0 Å². The molecule has 0 radical (unpaired) electrons. The van der Waals surface area contributed by atoms with Crippen LogP contribution >= 0.6 is 0 Å². The molecule has 5 heteroatoms.